The van der Waals surface area contributed by atoms with E-state index in [2.05, 4.69) is 6.58 Å². The predicted molar refractivity (Wildman–Crippen MR) is 96.6 cm³/mol. The van der Waals surface area contributed by atoms with Gasteiger partial charge in [0.05, 0.1) is 6.26 Å². The van der Waals surface area contributed by atoms with E-state index in [0.29, 0.717) is 11.3 Å². The number of anilines is 2. The average molecular weight is 315 g/mol. The molecule has 0 N–H and O–H groups in total. The average Bonchev–Trinajstić information content (AvgIpc) is 2.65. The van der Waals surface area contributed by atoms with Crippen LogP contribution >= 0.6 is 0 Å². The molecule has 118 valence electrons. The molecule has 0 aliphatic rings. The lowest BCUT2D eigenvalue weighted by atomic mass is 10.1. The number of carbonyl (C=O) groups is 1. The Morgan fingerprint density at radius 1 is 0.792 bits per heavy atom. The summed E-state index contributed by atoms with van der Waals surface area (Å²) in [7, 11) is 0. The van der Waals surface area contributed by atoms with Crippen LogP contribution in [-0.4, -0.2) is 5.91 Å². The second-order valence-electron chi connectivity index (χ2n) is 5.12. The lowest BCUT2D eigenvalue weighted by molar-refractivity contribution is 0.0999. The molecule has 0 fully saturated rings. The highest BCUT2D eigenvalue weighted by molar-refractivity contribution is 6.10. The van der Waals surface area contributed by atoms with Gasteiger partial charge in [0, 0.05) is 16.9 Å². The van der Waals surface area contributed by atoms with Crippen molar-refractivity contribution in [2.75, 3.05) is 4.90 Å². The summed E-state index contributed by atoms with van der Waals surface area (Å²) in [6, 6.07) is 26.1. The first-order valence-electron chi connectivity index (χ1n) is 7.62. The molecule has 0 aliphatic carbocycles. The van der Waals surface area contributed by atoms with Crippen LogP contribution in [0.15, 0.2) is 97.8 Å². The highest BCUT2D eigenvalue weighted by Crippen LogP contribution is 2.29. The van der Waals surface area contributed by atoms with Gasteiger partial charge in [-0.25, -0.2) is 0 Å². The fraction of sp³-hybridized carbons (Fsp3) is 0. The second-order valence-corrected chi connectivity index (χ2v) is 5.12. The minimum atomic E-state index is -0.0841. The Morgan fingerprint density at radius 3 is 1.92 bits per heavy atom. The third kappa shape index (κ3) is 3.36. The van der Waals surface area contributed by atoms with Gasteiger partial charge in [-0.3, -0.25) is 9.69 Å². The van der Waals surface area contributed by atoms with Crippen molar-refractivity contribution in [3.05, 3.63) is 103 Å². The number of hydrogen-bond acceptors (Lipinski definition) is 2. The molecule has 0 heterocycles. The van der Waals surface area contributed by atoms with Crippen LogP contribution in [0.2, 0.25) is 0 Å². The highest BCUT2D eigenvalue weighted by atomic mass is 16.5. The molecule has 0 bridgehead atoms. The van der Waals surface area contributed by atoms with Crippen LogP contribution < -0.4 is 9.64 Å². The minimum absolute atomic E-state index is 0.0841. The van der Waals surface area contributed by atoms with E-state index < -0.39 is 0 Å². The first kappa shape index (κ1) is 15.6. The van der Waals surface area contributed by atoms with Gasteiger partial charge in [0.15, 0.2) is 0 Å². The maximum Gasteiger partial charge on any atom is 0.262 e. The standard InChI is InChI=1S/C21H17NO2/c1-2-24-20-15-13-19(14-16-20)22(18-11-7-4-8-12-18)21(23)17-9-5-3-6-10-17/h2-16H,1H2. The Hall–Kier alpha value is -3.33. The molecule has 3 rings (SSSR count). The normalized spacial score (nSPS) is 10.0. The van der Waals surface area contributed by atoms with Crippen molar-refractivity contribution in [2.24, 2.45) is 0 Å². The molecule has 0 saturated heterocycles. The number of hydrogen-bond donors (Lipinski definition) is 0. The number of benzene rings is 3. The molecule has 0 unspecified atom stereocenters. The zero-order valence-corrected chi connectivity index (χ0v) is 13.1. The quantitative estimate of drug-likeness (QED) is 0.607. The number of para-hydroxylation sites is 1. The van der Waals surface area contributed by atoms with Crippen molar-refractivity contribution in [3.8, 4) is 5.75 Å². The maximum absolute atomic E-state index is 13.0. The largest absolute Gasteiger partial charge is 0.466 e. The molecule has 3 aromatic rings. The molecule has 3 nitrogen and oxygen atoms in total. The van der Waals surface area contributed by atoms with Gasteiger partial charge in [-0.15, -0.1) is 0 Å². The minimum Gasteiger partial charge on any atom is -0.466 e. The molecule has 0 saturated carbocycles. The lowest BCUT2D eigenvalue weighted by Gasteiger charge is -2.23. The summed E-state index contributed by atoms with van der Waals surface area (Å²) in [5, 5.41) is 0. The van der Waals surface area contributed by atoms with Crippen molar-refractivity contribution in [1.29, 1.82) is 0 Å². The Morgan fingerprint density at radius 2 is 1.33 bits per heavy atom. The zero-order valence-electron chi connectivity index (χ0n) is 13.1. The van der Waals surface area contributed by atoms with Gasteiger partial charge in [0.2, 0.25) is 0 Å². The first-order chi connectivity index (χ1) is 11.8. The number of amides is 1. The van der Waals surface area contributed by atoms with Gasteiger partial charge in [0.25, 0.3) is 5.91 Å². The Labute approximate surface area is 141 Å². The first-order valence-corrected chi connectivity index (χ1v) is 7.62. The highest BCUT2D eigenvalue weighted by Gasteiger charge is 2.19. The van der Waals surface area contributed by atoms with Gasteiger partial charge < -0.3 is 4.74 Å². The summed E-state index contributed by atoms with van der Waals surface area (Å²) in [5.41, 5.74) is 2.21. The molecule has 0 aliphatic heterocycles. The smallest absolute Gasteiger partial charge is 0.262 e. The van der Waals surface area contributed by atoms with Crippen LogP contribution in [0, 0.1) is 0 Å². The van der Waals surface area contributed by atoms with Gasteiger partial charge in [0.1, 0.15) is 5.75 Å². The van der Waals surface area contributed by atoms with E-state index in [1.807, 2.05) is 84.9 Å². The number of ether oxygens (including phenoxy) is 1. The van der Waals surface area contributed by atoms with Crippen LogP contribution in [0.3, 0.4) is 0 Å². The van der Waals surface area contributed by atoms with Crippen molar-refractivity contribution in [1.82, 2.24) is 0 Å². The van der Waals surface area contributed by atoms with Gasteiger partial charge in [-0.05, 0) is 48.5 Å². The second kappa shape index (κ2) is 7.29. The van der Waals surface area contributed by atoms with E-state index >= 15 is 0 Å². The lowest BCUT2D eigenvalue weighted by Crippen LogP contribution is -2.25. The number of carbonyl (C=O) groups excluding carboxylic acids is 1. The molecule has 3 aromatic carbocycles. The summed E-state index contributed by atoms with van der Waals surface area (Å²) in [6.07, 6.45) is 1.37. The maximum atomic E-state index is 13.0. The van der Waals surface area contributed by atoms with Crippen LogP contribution in [0.4, 0.5) is 11.4 Å². The topological polar surface area (TPSA) is 29.5 Å². The molecule has 3 heteroatoms. The SMILES string of the molecule is C=COc1ccc(N(C(=O)c2ccccc2)c2ccccc2)cc1. The van der Waals surface area contributed by atoms with E-state index in [1.165, 1.54) is 6.26 Å². The molecule has 1 amide bonds. The summed E-state index contributed by atoms with van der Waals surface area (Å²) in [5.74, 6) is 0.591. The van der Waals surface area contributed by atoms with Crippen molar-refractivity contribution < 1.29 is 9.53 Å². The van der Waals surface area contributed by atoms with Gasteiger partial charge >= 0.3 is 0 Å². The summed E-state index contributed by atoms with van der Waals surface area (Å²) in [6.45, 7) is 3.54. The molecule has 0 aromatic heterocycles. The molecular formula is C21H17NO2. The van der Waals surface area contributed by atoms with E-state index in [-0.39, 0.29) is 5.91 Å². The Bertz CT molecular complexity index is 811. The third-order valence-corrected chi connectivity index (χ3v) is 3.55. The predicted octanol–water partition coefficient (Wildman–Crippen LogP) is 5.19. The molecule has 0 radical (unpaired) electrons. The van der Waals surface area contributed by atoms with Gasteiger partial charge in [-0.1, -0.05) is 43.0 Å². The van der Waals surface area contributed by atoms with Crippen molar-refractivity contribution in [3.63, 3.8) is 0 Å². The van der Waals surface area contributed by atoms with E-state index in [0.717, 1.165) is 11.4 Å². The molecule has 0 atom stereocenters. The molecule has 0 spiro atoms. The van der Waals surface area contributed by atoms with E-state index in [1.54, 1.807) is 4.90 Å². The Kier molecular flexibility index (Phi) is 4.73. The fourth-order valence-electron chi connectivity index (χ4n) is 2.44. The summed E-state index contributed by atoms with van der Waals surface area (Å²) < 4.78 is 5.25. The number of nitrogens with zero attached hydrogens (tertiary/aromatic N) is 1. The van der Waals surface area contributed by atoms with Crippen LogP contribution in [0.5, 0.6) is 5.75 Å². The third-order valence-electron chi connectivity index (χ3n) is 3.55. The zero-order chi connectivity index (χ0) is 16.8. The van der Waals surface area contributed by atoms with Crippen LogP contribution in [0.25, 0.3) is 0 Å². The molecule has 24 heavy (non-hydrogen) atoms. The van der Waals surface area contributed by atoms with Crippen molar-refractivity contribution >= 4 is 17.3 Å². The molecular weight excluding hydrogens is 298 g/mol. The monoisotopic (exact) mass is 315 g/mol. The van der Waals surface area contributed by atoms with Crippen LogP contribution in [0.1, 0.15) is 10.4 Å². The van der Waals surface area contributed by atoms with Crippen LogP contribution in [-0.2, 0) is 0 Å². The summed E-state index contributed by atoms with van der Waals surface area (Å²) in [4.78, 5) is 14.7. The summed E-state index contributed by atoms with van der Waals surface area (Å²) >= 11 is 0. The van der Waals surface area contributed by atoms with Crippen molar-refractivity contribution in [2.45, 2.75) is 0 Å². The van der Waals surface area contributed by atoms with E-state index in [9.17, 15) is 4.79 Å². The number of rotatable bonds is 5. The van der Waals surface area contributed by atoms with E-state index in [4.69, 9.17) is 4.74 Å². The Balaban J connectivity index is 2.02. The fourth-order valence-corrected chi connectivity index (χ4v) is 2.44. The van der Waals surface area contributed by atoms with Gasteiger partial charge in [-0.2, -0.15) is 0 Å².